The summed E-state index contributed by atoms with van der Waals surface area (Å²) in [6.45, 7) is 1.79. The van der Waals surface area contributed by atoms with Gasteiger partial charge in [-0.25, -0.2) is 0 Å². The van der Waals surface area contributed by atoms with Crippen molar-refractivity contribution in [2.24, 2.45) is 0 Å². The first-order valence-electron chi connectivity index (χ1n) is 8.85. The van der Waals surface area contributed by atoms with Crippen molar-refractivity contribution in [1.29, 1.82) is 0 Å². The first-order chi connectivity index (χ1) is 14.1. The zero-order chi connectivity index (χ0) is 20.4. The summed E-state index contributed by atoms with van der Waals surface area (Å²) in [7, 11) is 1.59. The van der Waals surface area contributed by atoms with Crippen LogP contribution in [0.25, 0.3) is 22.2 Å². The number of furan rings is 1. The van der Waals surface area contributed by atoms with Crippen molar-refractivity contribution in [2.45, 2.75) is 6.92 Å². The predicted molar refractivity (Wildman–Crippen MR) is 106 cm³/mol. The molecule has 0 unspecified atom stereocenters. The molecule has 0 radical (unpaired) electrons. The van der Waals surface area contributed by atoms with Crippen molar-refractivity contribution in [2.75, 3.05) is 7.11 Å². The van der Waals surface area contributed by atoms with Crippen molar-refractivity contribution < 1.29 is 18.7 Å². The number of hydrazine groups is 1. The average molecular weight is 390 g/mol. The quantitative estimate of drug-likeness (QED) is 0.464. The molecule has 0 saturated heterocycles. The van der Waals surface area contributed by atoms with Crippen LogP contribution in [0.3, 0.4) is 0 Å². The van der Waals surface area contributed by atoms with E-state index in [0.29, 0.717) is 16.8 Å². The van der Waals surface area contributed by atoms with Crippen LogP contribution in [-0.4, -0.2) is 29.1 Å². The van der Waals surface area contributed by atoms with Crippen LogP contribution < -0.4 is 15.6 Å². The van der Waals surface area contributed by atoms with E-state index in [1.807, 2.05) is 30.3 Å². The summed E-state index contributed by atoms with van der Waals surface area (Å²) in [5.74, 6) is -0.192. The van der Waals surface area contributed by atoms with Gasteiger partial charge in [-0.05, 0) is 43.3 Å². The Morgan fingerprint density at radius 1 is 1.03 bits per heavy atom. The third-order valence-electron chi connectivity index (χ3n) is 4.55. The van der Waals surface area contributed by atoms with Gasteiger partial charge in [-0.15, -0.1) is 0 Å². The van der Waals surface area contributed by atoms with E-state index in [1.54, 1.807) is 38.3 Å². The number of ether oxygens (including phenoxy) is 1. The maximum Gasteiger partial charge on any atom is 0.305 e. The van der Waals surface area contributed by atoms with Crippen LogP contribution in [0.1, 0.15) is 26.6 Å². The topological polar surface area (TPSA) is 109 Å². The number of aryl methyl sites for hydroxylation is 1. The smallest absolute Gasteiger partial charge is 0.305 e. The Labute approximate surface area is 165 Å². The predicted octanol–water partition coefficient (Wildman–Crippen LogP) is 3.21. The number of amides is 2. The summed E-state index contributed by atoms with van der Waals surface area (Å²) in [4.78, 5) is 24.7. The van der Waals surface area contributed by atoms with Crippen molar-refractivity contribution in [3.05, 3.63) is 71.6 Å². The fraction of sp³-hybridized carbons (Fsp3) is 0.0952. The van der Waals surface area contributed by atoms with E-state index in [2.05, 4.69) is 21.0 Å². The molecule has 8 nitrogen and oxygen atoms in total. The number of carbonyl (C=O) groups excluding carboxylic acids is 2. The lowest BCUT2D eigenvalue weighted by molar-refractivity contribution is 0.0829. The molecular formula is C21H18N4O4. The zero-order valence-electron chi connectivity index (χ0n) is 15.8. The summed E-state index contributed by atoms with van der Waals surface area (Å²) in [5.41, 5.74) is 7.67. The molecule has 0 aliphatic heterocycles. The molecule has 0 bridgehead atoms. The highest BCUT2D eigenvalue weighted by atomic mass is 16.5. The van der Waals surface area contributed by atoms with E-state index in [9.17, 15) is 9.59 Å². The third kappa shape index (κ3) is 3.55. The fourth-order valence-electron chi connectivity index (χ4n) is 2.98. The number of carbonyl (C=O) groups is 2. The van der Waals surface area contributed by atoms with Crippen LogP contribution in [0.15, 0.2) is 59.0 Å². The summed E-state index contributed by atoms with van der Waals surface area (Å²) < 4.78 is 10.7. The van der Waals surface area contributed by atoms with Crippen molar-refractivity contribution in [3.8, 4) is 17.0 Å². The van der Waals surface area contributed by atoms with Crippen LogP contribution >= 0.6 is 0 Å². The maximum absolute atomic E-state index is 12.4. The SMILES string of the molecule is COc1ccc(-c2cc(C(=O)NNC(=O)c3oc4ccccc4c3C)[nH]n2)cc1. The number of nitrogens with zero attached hydrogens (tertiary/aromatic N) is 1. The third-order valence-corrected chi connectivity index (χ3v) is 4.55. The van der Waals surface area contributed by atoms with Crippen LogP contribution in [0.4, 0.5) is 0 Å². The van der Waals surface area contributed by atoms with Crippen molar-refractivity contribution in [3.63, 3.8) is 0 Å². The Morgan fingerprint density at radius 2 is 1.76 bits per heavy atom. The van der Waals surface area contributed by atoms with Gasteiger partial charge in [-0.2, -0.15) is 5.10 Å². The number of hydrogen-bond donors (Lipinski definition) is 3. The second kappa shape index (κ2) is 7.51. The summed E-state index contributed by atoms with van der Waals surface area (Å²) in [5, 5.41) is 7.64. The van der Waals surface area contributed by atoms with E-state index in [1.165, 1.54) is 0 Å². The lowest BCUT2D eigenvalue weighted by Gasteiger charge is -2.04. The van der Waals surface area contributed by atoms with E-state index >= 15 is 0 Å². The van der Waals surface area contributed by atoms with Gasteiger partial charge in [0.05, 0.1) is 12.8 Å². The first-order valence-corrected chi connectivity index (χ1v) is 8.85. The van der Waals surface area contributed by atoms with Gasteiger partial charge in [-0.3, -0.25) is 25.5 Å². The molecule has 0 aliphatic rings. The second-order valence-electron chi connectivity index (χ2n) is 6.36. The van der Waals surface area contributed by atoms with Crippen LogP contribution in [-0.2, 0) is 0 Å². The van der Waals surface area contributed by atoms with Gasteiger partial charge in [0.25, 0.3) is 5.91 Å². The highest BCUT2D eigenvalue weighted by Gasteiger charge is 2.19. The highest BCUT2D eigenvalue weighted by molar-refractivity contribution is 6.01. The van der Waals surface area contributed by atoms with E-state index in [-0.39, 0.29) is 11.5 Å². The Balaban J connectivity index is 1.43. The molecule has 4 aromatic rings. The van der Waals surface area contributed by atoms with Crippen LogP contribution in [0.2, 0.25) is 0 Å². The van der Waals surface area contributed by atoms with Crippen LogP contribution in [0, 0.1) is 6.92 Å². The van der Waals surface area contributed by atoms with E-state index in [0.717, 1.165) is 16.7 Å². The number of aromatic amines is 1. The number of rotatable bonds is 4. The number of para-hydroxylation sites is 1. The lowest BCUT2D eigenvalue weighted by atomic mass is 10.1. The number of nitrogens with one attached hydrogen (secondary N) is 3. The maximum atomic E-state index is 12.4. The highest BCUT2D eigenvalue weighted by Crippen LogP contribution is 2.24. The van der Waals surface area contributed by atoms with Gasteiger partial charge in [0.2, 0.25) is 0 Å². The Kier molecular flexibility index (Phi) is 4.74. The van der Waals surface area contributed by atoms with Gasteiger partial charge in [0.1, 0.15) is 17.0 Å². The molecule has 0 atom stereocenters. The normalized spacial score (nSPS) is 10.7. The van der Waals surface area contributed by atoms with Crippen molar-refractivity contribution in [1.82, 2.24) is 21.0 Å². The number of methoxy groups -OCH3 is 1. The monoisotopic (exact) mass is 390 g/mol. The van der Waals surface area contributed by atoms with Gasteiger partial charge < -0.3 is 9.15 Å². The molecule has 2 amide bonds. The lowest BCUT2D eigenvalue weighted by Crippen LogP contribution is -2.41. The standard InChI is InChI=1S/C21H18N4O4/c1-12-15-5-3-4-6-18(15)29-19(12)21(27)25-24-20(26)17-11-16(22-23-17)13-7-9-14(28-2)10-8-13/h3-11H,1-2H3,(H,22,23)(H,24,26)(H,25,27). The van der Waals surface area contributed by atoms with E-state index in [4.69, 9.17) is 9.15 Å². The first kappa shape index (κ1) is 18.3. The summed E-state index contributed by atoms with van der Waals surface area (Å²) in [6, 6.07) is 16.2. The molecular weight excluding hydrogens is 372 g/mol. The van der Waals surface area contributed by atoms with Crippen molar-refractivity contribution >= 4 is 22.8 Å². The number of benzene rings is 2. The van der Waals surface area contributed by atoms with Gasteiger partial charge >= 0.3 is 5.91 Å². The number of fused-ring (bicyclic) bond motifs is 1. The van der Waals surface area contributed by atoms with Crippen LogP contribution in [0.5, 0.6) is 5.75 Å². The molecule has 8 heteroatoms. The van der Waals surface area contributed by atoms with Gasteiger partial charge in [0, 0.05) is 16.5 Å². The van der Waals surface area contributed by atoms with E-state index < -0.39 is 11.8 Å². The molecule has 146 valence electrons. The molecule has 0 fully saturated rings. The van der Waals surface area contributed by atoms with Gasteiger partial charge in [-0.1, -0.05) is 18.2 Å². The average Bonchev–Trinajstić information content (AvgIpc) is 3.38. The minimum absolute atomic E-state index is 0.148. The number of hydrogen-bond acceptors (Lipinski definition) is 5. The Morgan fingerprint density at radius 3 is 2.48 bits per heavy atom. The molecule has 3 N–H and O–H groups in total. The minimum atomic E-state index is -0.540. The fourth-order valence-corrected chi connectivity index (χ4v) is 2.98. The molecule has 0 aliphatic carbocycles. The minimum Gasteiger partial charge on any atom is -0.497 e. The molecule has 2 aromatic carbocycles. The largest absolute Gasteiger partial charge is 0.497 e. The molecule has 2 aromatic heterocycles. The molecule has 0 saturated carbocycles. The number of aromatic nitrogens is 2. The zero-order valence-corrected chi connectivity index (χ0v) is 15.8. The Hall–Kier alpha value is -4.07. The molecule has 0 spiro atoms. The molecule has 4 rings (SSSR count). The molecule has 2 heterocycles. The number of H-pyrrole nitrogens is 1. The Bertz CT molecular complexity index is 1190. The van der Waals surface area contributed by atoms with Gasteiger partial charge in [0.15, 0.2) is 5.76 Å². The summed E-state index contributed by atoms with van der Waals surface area (Å²) >= 11 is 0. The summed E-state index contributed by atoms with van der Waals surface area (Å²) in [6.07, 6.45) is 0. The molecule has 29 heavy (non-hydrogen) atoms. The second-order valence-corrected chi connectivity index (χ2v) is 6.36.